The van der Waals surface area contributed by atoms with Crippen LogP contribution in [0.25, 0.3) is 0 Å². The summed E-state index contributed by atoms with van der Waals surface area (Å²) in [7, 11) is 1.56. The lowest BCUT2D eigenvalue weighted by Gasteiger charge is -2.36. The standard InChI is InChI=1S/C28H33N3O6/c1-16-14-28-22(21(27(16,3)37-28)24(33)29-18-8-6-5-7-9-18)26(35)31(17(2)15-32)23(28)25(34)30-19-10-12-20(36-4)13-11-19/h5-13,16-17,21-23,32H,14-15H2,1-4H3,(H,29,33)(H,30,34)/t16?,17-,21+,22+,23?,27-,28?/m1/s1. The van der Waals surface area contributed by atoms with E-state index in [2.05, 4.69) is 10.6 Å². The lowest BCUT2D eigenvalue weighted by molar-refractivity contribution is -0.147. The average Bonchev–Trinajstić information content (AvgIpc) is 3.41. The number of para-hydroxylation sites is 1. The molecule has 3 fully saturated rings. The molecule has 37 heavy (non-hydrogen) atoms. The van der Waals surface area contributed by atoms with Crippen molar-refractivity contribution in [1.29, 1.82) is 0 Å². The first-order valence-electron chi connectivity index (χ1n) is 12.6. The summed E-state index contributed by atoms with van der Waals surface area (Å²) in [6.45, 7) is 5.23. The smallest absolute Gasteiger partial charge is 0.250 e. The van der Waals surface area contributed by atoms with E-state index >= 15 is 0 Å². The SMILES string of the molecule is COc1ccc(NC(=O)C2N([C@H](C)CO)C(=O)[C@@H]3[C@@H](C(=O)Nc4ccccc4)[C@]4(C)OC23CC4C)cc1. The van der Waals surface area contributed by atoms with E-state index in [-0.39, 0.29) is 24.3 Å². The van der Waals surface area contributed by atoms with Crippen molar-refractivity contribution >= 4 is 29.1 Å². The maximum atomic E-state index is 14.0. The second-order valence-corrected chi connectivity index (χ2v) is 10.6. The Morgan fingerprint density at radius 3 is 2.35 bits per heavy atom. The van der Waals surface area contributed by atoms with Gasteiger partial charge in [-0.15, -0.1) is 0 Å². The van der Waals surface area contributed by atoms with Gasteiger partial charge in [0.05, 0.1) is 37.2 Å². The van der Waals surface area contributed by atoms with E-state index in [0.29, 0.717) is 23.5 Å². The zero-order chi connectivity index (χ0) is 26.5. The van der Waals surface area contributed by atoms with Crippen LogP contribution in [-0.4, -0.2) is 64.7 Å². The molecule has 0 radical (unpaired) electrons. The molecule has 2 bridgehead atoms. The Bertz CT molecular complexity index is 1200. The van der Waals surface area contributed by atoms with Crippen molar-refractivity contribution in [3.8, 4) is 5.75 Å². The van der Waals surface area contributed by atoms with E-state index < -0.39 is 41.0 Å². The van der Waals surface area contributed by atoms with Crippen molar-refractivity contribution in [2.45, 2.75) is 50.5 Å². The fourth-order valence-corrected chi connectivity index (χ4v) is 6.56. The molecule has 0 aromatic heterocycles. The van der Waals surface area contributed by atoms with Crippen molar-refractivity contribution in [2.75, 3.05) is 24.4 Å². The van der Waals surface area contributed by atoms with E-state index in [9.17, 15) is 19.5 Å². The van der Waals surface area contributed by atoms with E-state index in [0.717, 1.165) is 0 Å². The van der Waals surface area contributed by atoms with E-state index in [1.54, 1.807) is 50.4 Å². The minimum atomic E-state index is -1.19. The third-order valence-corrected chi connectivity index (χ3v) is 8.42. The minimum Gasteiger partial charge on any atom is -0.497 e. The number of nitrogens with zero attached hydrogens (tertiary/aromatic N) is 1. The van der Waals surface area contributed by atoms with Gasteiger partial charge in [-0.3, -0.25) is 14.4 Å². The molecule has 3 amide bonds. The van der Waals surface area contributed by atoms with Gasteiger partial charge in [-0.1, -0.05) is 25.1 Å². The number of hydrogen-bond acceptors (Lipinski definition) is 6. The van der Waals surface area contributed by atoms with Crippen LogP contribution in [0.1, 0.15) is 27.2 Å². The quantitative estimate of drug-likeness (QED) is 0.531. The number of likely N-dealkylation sites (tertiary alicyclic amines) is 1. The summed E-state index contributed by atoms with van der Waals surface area (Å²) in [5, 5.41) is 15.9. The number of ether oxygens (including phenoxy) is 2. The molecule has 3 heterocycles. The molecule has 9 nitrogen and oxygen atoms in total. The Balaban J connectivity index is 1.53. The maximum absolute atomic E-state index is 14.0. The Kier molecular flexibility index (Phi) is 6.24. The molecule has 2 aromatic carbocycles. The third kappa shape index (κ3) is 3.79. The molecule has 1 spiro atoms. The second-order valence-electron chi connectivity index (χ2n) is 10.6. The molecule has 7 atom stereocenters. The molecule has 2 aromatic rings. The van der Waals surface area contributed by atoms with Crippen molar-refractivity contribution in [3.63, 3.8) is 0 Å². The van der Waals surface area contributed by atoms with Crippen LogP contribution in [0.15, 0.2) is 54.6 Å². The van der Waals surface area contributed by atoms with Gasteiger partial charge in [0.1, 0.15) is 17.4 Å². The summed E-state index contributed by atoms with van der Waals surface area (Å²) < 4.78 is 11.9. The predicted molar refractivity (Wildman–Crippen MR) is 137 cm³/mol. The van der Waals surface area contributed by atoms with Gasteiger partial charge >= 0.3 is 0 Å². The molecule has 0 aliphatic carbocycles. The maximum Gasteiger partial charge on any atom is 0.250 e. The molecule has 9 heteroatoms. The normalized spacial score (nSPS) is 32.7. The first-order chi connectivity index (χ1) is 17.7. The molecular formula is C28H33N3O6. The van der Waals surface area contributed by atoms with Gasteiger partial charge in [-0.05, 0) is 62.6 Å². The molecule has 3 saturated heterocycles. The highest BCUT2D eigenvalue weighted by Gasteiger charge is 2.80. The minimum absolute atomic E-state index is 0.0799. The van der Waals surface area contributed by atoms with Crippen molar-refractivity contribution in [2.24, 2.45) is 17.8 Å². The van der Waals surface area contributed by atoms with Crippen LogP contribution in [0, 0.1) is 17.8 Å². The summed E-state index contributed by atoms with van der Waals surface area (Å²) >= 11 is 0. The molecule has 196 valence electrons. The van der Waals surface area contributed by atoms with Crippen LogP contribution in [0.2, 0.25) is 0 Å². The van der Waals surface area contributed by atoms with E-state index in [4.69, 9.17) is 9.47 Å². The number of rotatable bonds is 7. The van der Waals surface area contributed by atoms with Crippen LogP contribution >= 0.6 is 0 Å². The zero-order valence-corrected chi connectivity index (χ0v) is 21.4. The number of hydrogen-bond donors (Lipinski definition) is 3. The summed E-state index contributed by atoms with van der Waals surface area (Å²) in [5.41, 5.74) is -0.948. The fraction of sp³-hybridized carbons (Fsp3) is 0.464. The monoisotopic (exact) mass is 507 g/mol. The Morgan fingerprint density at radius 2 is 1.73 bits per heavy atom. The van der Waals surface area contributed by atoms with Crippen LogP contribution < -0.4 is 15.4 Å². The molecule has 3 N–H and O–H groups in total. The van der Waals surface area contributed by atoms with Gasteiger partial charge in [0.15, 0.2) is 0 Å². The number of amides is 3. The predicted octanol–water partition coefficient (Wildman–Crippen LogP) is 2.66. The molecule has 0 saturated carbocycles. The summed E-state index contributed by atoms with van der Waals surface area (Å²) in [4.78, 5) is 43.0. The van der Waals surface area contributed by atoms with Crippen molar-refractivity contribution in [3.05, 3.63) is 54.6 Å². The fourth-order valence-electron chi connectivity index (χ4n) is 6.56. The van der Waals surface area contributed by atoms with Crippen LogP contribution in [0.5, 0.6) is 5.75 Å². The molecule has 3 unspecified atom stereocenters. The number of aliphatic hydroxyl groups is 1. The van der Waals surface area contributed by atoms with Gasteiger partial charge in [0.25, 0.3) is 0 Å². The van der Waals surface area contributed by atoms with E-state index in [1.165, 1.54) is 4.90 Å². The van der Waals surface area contributed by atoms with Crippen molar-refractivity contribution < 1.29 is 29.0 Å². The van der Waals surface area contributed by atoms with Gasteiger partial charge in [0.2, 0.25) is 17.7 Å². The van der Waals surface area contributed by atoms with Gasteiger partial charge in [-0.2, -0.15) is 0 Å². The topological polar surface area (TPSA) is 117 Å². The van der Waals surface area contributed by atoms with Crippen LogP contribution in [-0.2, 0) is 19.1 Å². The molecule has 5 rings (SSSR count). The van der Waals surface area contributed by atoms with Gasteiger partial charge in [-0.25, -0.2) is 0 Å². The van der Waals surface area contributed by atoms with Crippen molar-refractivity contribution in [1.82, 2.24) is 4.90 Å². The number of nitrogens with one attached hydrogen (secondary N) is 2. The highest BCUT2D eigenvalue weighted by atomic mass is 16.5. The van der Waals surface area contributed by atoms with Gasteiger partial charge in [0, 0.05) is 11.4 Å². The summed E-state index contributed by atoms with van der Waals surface area (Å²) in [6.07, 6.45) is 0.449. The molecule has 3 aliphatic heterocycles. The average molecular weight is 508 g/mol. The zero-order valence-electron chi connectivity index (χ0n) is 21.4. The molecule has 3 aliphatic rings. The van der Waals surface area contributed by atoms with Crippen LogP contribution in [0.3, 0.4) is 0 Å². The highest BCUT2D eigenvalue weighted by molar-refractivity contribution is 6.05. The third-order valence-electron chi connectivity index (χ3n) is 8.42. The number of anilines is 2. The highest BCUT2D eigenvalue weighted by Crippen LogP contribution is 2.65. The first-order valence-corrected chi connectivity index (χ1v) is 12.6. The van der Waals surface area contributed by atoms with Crippen LogP contribution in [0.4, 0.5) is 11.4 Å². The Morgan fingerprint density at radius 1 is 1.11 bits per heavy atom. The summed E-state index contributed by atoms with van der Waals surface area (Å²) in [5.74, 6) is -2.15. The number of fused-ring (bicyclic) bond motifs is 1. The van der Waals surface area contributed by atoms with E-state index in [1.807, 2.05) is 32.0 Å². The van der Waals surface area contributed by atoms with Gasteiger partial charge < -0.3 is 30.1 Å². The largest absolute Gasteiger partial charge is 0.497 e. The number of methoxy groups -OCH3 is 1. The first kappa shape index (κ1) is 25.2. The Hall–Kier alpha value is -3.43. The lowest BCUT2D eigenvalue weighted by atomic mass is 9.62. The summed E-state index contributed by atoms with van der Waals surface area (Å²) in [6, 6.07) is 14.3. The number of carbonyl (C=O) groups is 3. The Labute approximate surface area is 216 Å². The second kappa shape index (κ2) is 9.15. The number of aliphatic hydroxyl groups excluding tert-OH is 1. The lowest BCUT2D eigenvalue weighted by Crippen LogP contribution is -2.56. The molecular weight excluding hydrogens is 474 g/mol. The number of benzene rings is 2. The number of carbonyl (C=O) groups excluding carboxylic acids is 3.